The summed E-state index contributed by atoms with van der Waals surface area (Å²) in [7, 11) is 0. The van der Waals surface area contributed by atoms with Crippen LogP contribution in [0.2, 0.25) is 0 Å². The molecule has 5 N–H and O–H groups in total. The normalized spacial score (nSPS) is 12.8. The highest BCUT2D eigenvalue weighted by atomic mass is 16.4. The smallest absolute Gasteiger partial charge is 0.328 e. The molecule has 0 radical (unpaired) electrons. The fraction of sp³-hybridized carbons (Fsp3) is 0.308. The molecule has 7 heteroatoms. The van der Waals surface area contributed by atoms with E-state index in [0.29, 0.717) is 25.1 Å². The van der Waals surface area contributed by atoms with E-state index in [1.807, 2.05) is 0 Å². The van der Waals surface area contributed by atoms with Crippen LogP contribution in [0.15, 0.2) is 38.9 Å². The maximum Gasteiger partial charge on any atom is 0.328 e. The minimum absolute atomic E-state index is 0.00163. The van der Waals surface area contributed by atoms with E-state index in [4.69, 9.17) is 21.0 Å². The van der Waals surface area contributed by atoms with Gasteiger partial charge in [-0.15, -0.1) is 0 Å². The van der Waals surface area contributed by atoms with Gasteiger partial charge in [0.05, 0.1) is 6.26 Å². The van der Waals surface area contributed by atoms with Gasteiger partial charge < -0.3 is 21.0 Å². The Morgan fingerprint density at radius 3 is 2.90 bits per heavy atom. The molecule has 1 aromatic heterocycles. The van der Waals surface area contributed by atoms with Crippen LogP contribution in [0, 0.1) is 0 Å². The van der Waals surface area contributed by atoms with Crippen LogP contribution in [0.1, 0.15) is 18.6 Å². The summed E-state index contributed by atoms with van der Waals surface area (Å²) in [6.45, 7) is 0.393. The van der Waals surface area contributed by atoms with E-state index >= 15 is 0 Å². The molecule has 1 heterocycles. The summed E-state index contributed by atoms with van der Waals surface area (Å²) >= 11 is 0. The molecule has 0 aliphatic carbocycles. The molecule has 0 aliphatic rings. The van der Waals surface area contributed by atoms with Gasteiger partial charge in [0, 0.05) is 12.8 Å². The van der Waals surface area contributed by atoms with E-state index in [-0.39, 0.29) is 5.96 Å². The van der Waals surface area contributed by atoms with Crippen molar-refractivity contribution in [1.29, 1.82) is 0 Å². The number of hydrogen-bond acceptors (Lipinski definition) is 4. The zero-order valence-electron chi connectivity index (χ0n) is 11.0. The number of allylic oxidation sites excluding steroid dienone is 1. The topological polar surface area (TPSA) is 127 Å². The number of nitrogens with two attached hydrogens (primary N) is 2. The Kier molecular flexibility index (Phi) is 6.60. The molecule has 0 aromatic carbocycles. The molecule has 20 heavy (non-hydrogen) atoms. The van der Waals surface area contributed by atoms with Crippen LogP contribution in [0.4, 0.5) is 0 Å². The van der Waals surface area contributed by atoms with E-state index in [1.165, 1.54) is 6.21 Å². The van der Waals surface area contributed by atoms with Crippen molar-refractivity contribution < 1.29 is 14.3 Å². The second-order valence-electron chi connectivity index (χ2n) is 3.98. The first kappa shape index (κ1) is 15.5. The maximum atomic E-state index is 11.0. The minimum Gasteiger partial charge on any atom is -0.480 e. The summed E-state index contributed by atoms with van der Waals surface area (Å²) in [5.74, 6) is -0.296. The van der Waals surface area contributed by atoms with Crippen LogP contribution < -0.4 is 11.5 Å². The molecule has 108 valence electrons. The van der Waals surface area contributed by atoms with Crippen molar-refractivity contribution in [1.82, 2.24) is 0 Å². The van der Waals surface area contributed by atoms with Crippen molar-refractivity contribution in [2.75, 3.05) is 6.54 Å². The Morgan fingerprint density at radius 2 is 2.30 bits per heavy atom. The third-order valence-electron chi connectivity index (χ3n) is 2.37. The van der Waals surface area contributed by atoms with E-state index < -0.39 is 12.0 Å². The predicted molar refractivity (Wildman–Crippen MR) is 77.6 cm³/mol. The lowest BCUT2D eigenvalue weighted by Crippen LogP contribution is -2.23. The number of carboxylic acid groups (broad SMARTS) is 1. The first-order valence-corrected chi connectivity index (χ1v) is 6.11. The molecule has 0 fully saturated rings. The first-order valence-electron chi connectivity index (χ1n) is 6.11. The van der Waals surface area contributed by atoms with Gasteiger partial charge in [0.25, 0.3) is 0 Å². The predicted octanol–water partition coefficient (Wildman–Crippen LogP) is 0.870. The van der Waals surface area contributed by atoms with Crippen molar-refractivity contribution in [3.8, 4) is 0 Å². The summed E-state index contributed by atoms with van der Waals surface area (Å²) in [5, 5.41) is 9.02. The summed E-state index contributed by atoms with van der Waals surface area (Å²) in [4.78, 5) is 18.8. The van der Waals surface area contributed by atoms with Crippen LogP contribution >= 0.6 is 0 Å². The minimum atomic E-state index is -0.975. The Labute approximate surface area is 116 Å². The number of nitrogens with zero attached hydrogens (tertiary/aromatic N) is 2. The molecule has 1 atom stereocenters. The molecule has 0 saturated heterocycles. The standard InChI is InChI=1S/C13H18N4O3/c14-13(15)17-8-2-6-11(12(18)19)16-7-1-4-10-5-3-9-20-10/h1,3-5,7,9,11H,2,6,8H2,(H,18,19)(H4,14,15,17)/b4-1+,16-7?/t11-/m0/s1. The highest BCUT2D eigenvalue weighted by Gasteiger charge is 2.13. The highest BCUT2D eigenvalue weighted by Crippen LogP contribution is 2.04. The SMILES string of the molecule is NC(N)=NCCC[C@H](N=C/C=C/c1ccco1)C(=O)O. The van der Waals surface area contributed by atoms with Crippen molar-refractivity contribution in [3.63, 3.8) is 0 Å². The number of guanidine groups is 1. The molecule has 0 spiro atoms. The summed E-state index contributed by atoms with van der Waals surface area (Å²) in [6.07, 6.45) is 7.25. The number of hydrogen-bond donors (Lipinski definition) is 3. The molecule has 7 nitrogen and oxygen atoms in total. The van der Waals surface area contributed by atoms with Gasteiger partial charge in [-0.05, 0) is 37.1 Å². The van der Waals surface area contributed by atoms with Gasteiger partial charge >= 0.3 is 5.97 Å². The lowest BCUT2D eigenvalue weighted by Gasteiger charge is -2.05. The summed E-state index contributed by atoms with van der Waals surface area (Å²) in [6, 6.07) is 2.75. The third kappa shape index (κ3) is 6.39. The third-order valence-corrected chi connectivity index (χ3v) is 2.37. The zero-order valence-corrected chi connectivity index (χ0v) is 11.0. The number of aliphatic carboxylic acids is 1. The Bertz CT molecular complexity index is 488. The average Bonchev–Trinajstić information content (AvgIpc) is 2.89. The lowest BCUT2D eigenvalue weighted by atomic mass is 10.1. The van der Waals surface area contributed by atoms with Gasteiger partial charge in [0.2, 0.25) is 0 Å². The second-order valence-corrected chi connectivity index (χ2v) is 3.98. The van der Waals surface area contributed by atoms with Crippen LogP contribution in [0.5, 0.6) is 0 Å². The van der Waals surface area contributed by atoms with Gasteiger partial charge in [-0.1, -0.05) is 0 Å². The van der Waals surface area contributed by atoms with Crippen molar-refractivity contribution in [2.24, 2.45) is 21.5 Å². The van der Waals surface area contributed by atoms with E-state index in [1.54, 1.807) is 30.5 Å². The Hall–Kier alpha value is -2.57. The van der Waals surface area contributed by atoms with E-state index in [0.717, 1.165) is 0 Å². The van der Waals surface area contributed by atoms with Crippen LogP contribution in [-0.2, 0) is 4.79 Å². The first-order chi connectivity index (χ1) is 9.59. The molecule has 1 rings (SSSR count). The van der Waals surface area contributed by atoms with E-state index in [2.05, 4.69) is 9.98 Å². The Balaban J connectivity index is 2.42. The number of aliphatic imine (C=N–C) groups is 2. The van der Waals surface area contributed by atoms with Gasteiger partial charge in [0.15, 0.2) is 5.96 Å². The van der Waals surface area contributed by atoms with Gasteiger partial charge in [0.1, 0.15) is 11.8 Å². The maximum absolute atomic E-state index is 11.0. The van der Waals surface area contributed by atoms with Gasteiger partial charge in [-0.2, -0.15) is 0 Å². The number of carbonyl (C=O) groups is 1. The quantitative estimate of drug-likeness (QED) is 0.369. The monoisotopic (exact) mass is 278 g/mol. The van der Waals surface area contributed by atoms with Gasteiger partial charge in [-0.3, -0.25) is 9.98 Å². The van der Waals surface area contributed by atoms with Crippen molar-refractivity contribution >= 4 is 24.2 Å². The molecule has 0 saturated carbocycles. The van der Waals surface area contributed by atoms with E-state index in [9.17, 15) is 4.79 Å². The summed E-state index contributed by atoms with van der Waals surface area (Å²) < 4.78 is 5.09. The molecular formula is C13H18N4O3. The lowest BCUT2D eigenvalue weighted by molar-refractivity contribution is -0.138. The van der Waals surface area contributed by atoms with Crippen molar-refractivity contribution in [3.05, 3.63) is 30.2 Å². The number of furan rings is 1. The van der Waals surface area contributed by atoms with Gasteiger partial charge in [-0.25, -0.2) is 4.79 Å². The summed E-state index contributed by atoms with van der Waals surface area (Å²) in [5.41, 5.74) is 10.4. The molecule has 1 aromatic rings. The van der Waals surface area contributed by atoms with Crippen molar-refractivity contribution in [2.45, 2.75) is 18.9 Å². The van der Waals surface area contributed by atoms with Crippen LogP contribution in [0.3, 0.4) is 0 Å². The second kappa shape index (κ2) is 8.52. The Morgan fingerprint density at radius 1 is 1.50 bits per heavy atom. The molecule has 0 unspecified atom stereocenters. The molecular weight excluding hydrogens is 260 g/mol. The highest BCUT2D eigenvalue weighted by molar-refractivity contribution is 5.81. The zero-order chi connectivity index (χ0) is 14.8. The fourth-order valence-corrected chi connectivity index (χ4v) is 1.43. The molecule has 0 aliphatic heterocycles. The average molecular weight is 278 g/mol. The fourth-order valence-electron chi connectivity index (χ4n) is 1.43. The number of rotatable bonds is 8. The molecule has 0 amide bonds. The largest absolute Gasteiger partial charge is 0.480 e. The molecule has 0 bridgehead atoms. The van der Waals surface area contributed by atoms with Crippen LogP contribution in [-0.4, -0.2) is 35.8 Å². The van der Waals surface area contributed by atoms with Crippen LogP contribution in [0.25, 0.3) is 6.08 Å². The number of carboxylic acids is 1.